The fraction of sp³-hybridized carbons (Fsp3) is 0.684. The SMILES string of the molecule is N=S(=O)(CC1(N)CCCC1)c1cccc(OCC2CCCCC2)c1. The molecule has 2 saturated carbocycles. The molecule has 24 heavy (non-hydrogen) atoms. The summed E-state index contributed by atoms with van der Waals surface area (Å²) in [7, 11) is -2.87. The molecule has 3 rings (SSSR count). The van der Waals surface area contributed by atoms with E-state index in [0.717, 1.165) is 38.0 Å². The van der Waals surface area contributed by atoms with E-state index in [1.807, 2.05) is 12.1 Å². The molecule has 0 spiro atoms. The third-order valence-electron chi connectivity index (χ3n) is 5.49. The lowest BCUT2D eigenvalue weighted by Crippen LogP contribution is -2.43. The highest BCUT2D eigenvalue weighted by molar-refractivity contribution is 7.92. The van der Waals surface area contributed by atoms with E-state index in [-0.39, 0.29) is 5.75 Å². The van der Waals surface area contributed by atoms with Gasteiger partial charge in [-0.25, -0.2) is 8.99 Å². The van der Waals surface area contributed by atoms with Crippen LogP contribution < -0.4 is 10.5 Å². The van der Waals surface area contributed by atoms with Crippen LogP contribution in [0.15, 0.2) is 29.2 Å². The molecular formula is C19H30N2O2S. The first-order chi connectivity index (χ1) is 11.5. The Morgan fingerprint density at radius 3 is 2.58 bits per heavy atom. The normalized spacial score (nSPS) is 23.7. The number of benzene rings is 1. The van der Waals surface area contributed by atoms with Gasteiger partial charge in [0.2, 0.25) is 0 Å². The molecule has 134 valence electrons. The molecule has 1 aromatic carbocycles. The fourth-order valence-corrected chi connectivity index (χ4v) is 5.92. The predicted molar refractivity (Wildman–Crippen MR) is 97.9 cm³/mol. The molecule has 1 atom stereocenters. The lowest BCUT2D eigenvalue weighted by Gasteiger charge is -2.25. The van der Waals surface area contributed by atoms with Crippen LogP contribution in [0.5, 0.6) is 5.75 Å². The third kappa shape index (κ3) is 4.51. The van der Waals surface area contributed by atoms with E-state index in [2.05, 4.69) is 0 Å². The molecule has 0 bridgehead atoms. The van der Waals surface area contributed by atoms with Gasteiger partial charge in [-0.15, -0.1) is 0 Å². The van der Waals surface area contributed by atoms with E-state index in [9.17, 15) is 4.21 Å². The lowest BCUT2D eigenvalue weighted by atomic mass is 9.90. The third-order valence-corrected chi connectivity index (χ3v) is 7.48. The van der Waals surface area contributed by atoms with Gasteiger partial charge in [0.1, 0.15) is 5.75 Å². The predicted octanol–water partition coefficient (Wildman–Crippen LogP) is 4.32. The molecule has 0 heterocycles. The fourth-order valence-electron chi connectivity index (χ4n) is 4.05. The Morgan fingerprint density at radius 2 is 1.88 bits per heavy atom. The summed E-state index contributed by atoms with van der Waals surface area (Å²) in [6.45, 7) is 0.726. The van der Waals surface area contributed by atoms with Crippen molar-refractivity contribution in [1.82, 2.24) is 0 Å². The minimum Gasteiger partial charge on any atom is -0.493 e. The van der Waals surface area contributed by atoms with Gasteiger partial charge in [0.25, 0.3) is 0 Å². The van der Waals surface area contributed by atoms with Crippen LogP contribution >= 0.6 is 0 Å². The molecular weight excluding hydrogens is 320 g/mol. The maximum Gasteiger partial charge on any atom is 0.120 e. The summed E-state index contributed by atoms with van der Waals surface area (Å²) in [6, 6.07) is 7.31. The molecule has 0 aliphatic heterocycles. The van der Waals surface area contributed by atoms with Crippen LogP contribution in [0.1, 0.15) is 57.8 Å². The summed E-state index contributed by atoms with van der Waals surface area (Å²) in [4.78, 5) is 0.556. The highest BCUT2D eigenvalue weighted by Gasteiger charge is 2.33. The Balaban J connectivity index is 1.65. The molecule has 0 amide bonds. The van der Waals surface area contributed by atoms with Crippen LogP contribution in [-0.4, -0.2) is 22.1 Å². The van der Waals surface area contributed by atoms with Gasteiger partial charge >= 0.3 is 0 Å². The van der Waals surface area contributed by atoms with Crippen molar-refractivity contribution < 1.29 is 8.95 Å². The van der Waals surface area contributed by atoms with E-state index in [0.29, 0.717) is 10.8 Å². The Labute approximate surface area is 146 Å². The molecule has 0 saturated heterocycles. The van der Waals surface area contributed by atoms with Gasteiger partial charge in [0.15, 0.2) is 0 Å². The van der Waals surface area contributed by atoms with E-state index >= 15 is 0 Å². The first kappa shape index (κ1) is 17.7. The maximum absolute atomic E-state index is 12.9. The molecule has 2 aliphatic carbocycles. The first-order valence-electron chi connectivity index (χ1n) is 9.25. The Kier molecular flexibility index (Phi) is 5.50. The highest BCUT2D eigenvalue weighted by atomic mass is 32.2. The molecule has 1 unspecified atom stereocenters. The summed E-state index contributed by atoms with van der Waals surface area (Å²) in [5.41, 5.74) is 5.91. The van der Waals surface area contributed by atoms with Crippen LogP contribution in [0.3, 0.4) is 0 Å². The van der Waals surface area contributed by atoms with Crippen LogP contribution in [0.2, 0.25) is 0 Å². The highest BCUT2D eigenvalue weighted by Crippen LogP contribution is 2.31. The van der Waals surface area contributed by atoms with Crippen LogP contribution in [0.25, 0.3) is 0 Å². The van der Waals surface area contributed by atoms with Crippen molar-refractivity contribution in [3.05, 3.63) is 24.3 Å². The molecule has 0 radical (unpaired) electrons. The van der Waals surface area contributed by atoms with E-state index in [1.165, 1.54) is 32.1 Å². The maximum atomic E-state index is 12.9. The van der Waals surface area contributed by atoms with Crippen molar-refractivity contribution in [3.63, 3.8) is 0 Å². The Bertz CT molecular complexity index is 645. The summed E-state index contributed by atoms with van der Waals surface area (Å²) in [5, 5.41) is 0. The monoisotopic (exact) mass is 350 g/mol. The molecule has 3 N–H and O–H groups in total. The standard InChI is InChI=1S/C19H30N2O2S/c20-19(11-4-5-12-19)15-24(21,22)18-10-6-9-17(13-18)23-14-16-7-2-1-3-8-16/h6,9-10,13,16,21H,1-5,7-8,11-12,14-15,20H2. The smallest absolute Gasteiger partial charge is 0.120 e. The van der Waals surface area contributed by atoms with Crippen molar-refractivity contribution in [2.75, 3.05) is 12.4 Å². The van der Waals surface area contributed by atoms with E-state index in [4.69, 9.17) is 15.3 Å². The van der Waals surface area contributed by atoms with E-state index < -0.39 is 15.3 Å². The van der Waals surface area contributed by atoms with Gasteiger partial charge in [-0.2, -0.15) is 0 Å². The van der Waals surface area contributed by atoms with Crippen molar-refractivity contribution >= 4 is 9.73 Å². The molecule has 1 aromatic rings. The average Bonchev–Trinajstić information content (AvgIpc) is 2.99. The van der Waals surface area contributed by atoms with Crippen molar-refractivity contribution in [2.45, 2.75) is 68.2 Å². The van der Waals surface area contributed by atoms with Gasteiger partial charge in [-0.1, -0.05) is 38.2 Å². The number of rotatable bonds is 6. The second-order valence-corrected chi connectivity index (χ2v) is 9.79. The van der Waals surface area contributed by atoms with Gasteiger partial charge in [-0.3, -0.25) is 0 Å². The zero-order valence-electron chi connectivity index (χ0n) is 14.5. The number of nitrogens with two attached hydrogens (primary N) is 1. The molecule has 0 aromatic heterocycles. The van der Waals surface area contributed by atoms with Gasteiger partial charge < -0.3 is 10.5 Å². The molecule has 5 heteroatoms. The van der Waals surface area contributed by atoms with Crippen LogP contribution in [-0.2, 0) is 9.73 Å². The number of hydrogen-bond acceptors (Lipinski definition) is 4. The summed E-state index contributed by atoms with van der Waals surface area (Å²) in [5.74, 6) is 1.62. The minimum atomic E-state index is -2.87. The Morgan fingerprint density at radius 1 is 1.17 bits per heavy atom. The van der Waals surface area contributed by atoms with Crippen LogP contribution in [0, 0.1) is 10.7 Å². The van der Waals surface area contributed by atoms with Crippen molar-refractivity contribution in [1.29, 1.82) is 4.78 Å². The molecule has 4 nitrogen and oxygen atoms in total. The lowest BCUT2D eigenvalue weighted by molar-refractivity contribution is 0.208. The average molecular weight is 351 g/mol. The second kappa shape index (κ2) is 7.44. The molecule has 2 fully saturated rings. The number of ether oxygens (including phenoxy) is 1. The molecule has 2 aliphatic rings. The first-order valence-corrected chi connectivity index (χ1v) is 11.0. The quantitative estimate of drug-likeness (QED) is 0.802. The van der Waals surface area contributed by atoms with Crippen LogP contribution in [0.4, 0.5) is 0 Å². The number of hydrogen-bond donors (Lipinski definition) is 2. The minimum absolute atomic E-state index is 0.256. The summed E-state index contributed by atoms with van der Waals surface area (Å²) >= 11 is 0. The van der Waals surface area contributed by atoms with Crippen molar-refractivity contribution in [2.24, 2.45) is 11.7 Å². The van der Waals surface area contributed by atoms with Gasteiger partial charge in [0.05, 0.1) is 27.0 Å². The second-order valence-electron chi connectivity index (χ2n) is 7.68. The summed E-state index contributed by atoms with van der Waals surface area (Å²) < 4.78 is 27.2. The van der Waals surface area contributed by atoms with Gasteiger partial charge in [0, 0.05) is 5.54 Å². The largest absolute Gasteiger partial charge is 0.493 e. The summed E-state index contributed by atoms with van der Waals surface area (Å²) in [6.07, 6.45) is 10.3. The van der Waals surface area contributed by atoms with Crippen molar-refractivity contribution in [3.8, 4) is 5.75 Å². The topological polar surface area (TPSA) is 76.2 Å². The number of nitrogens with one attached hydrogen (secondary N) is 1. The van der Waals surface area contributed by atoms with Gasteiger partial charge in [-0.05, 0) is 49.8 Å². The Hall–Kier alpha value is -1.07. The zero-order chi connectivity index (χ0) is 17.0. The zero-order valence-corrected chi connectivity index (χ0v) is 15.3. The van der Waals surface area contributed by atoms with E-state index in [1.54, 1.807) is 12.1 Å².